The van der Waals surface area contributed by atoms with Crippen LogP contribution in [-0.4, -0.2) is 49.7 Å². The van der Waals surface area contributed by atoms with E-state index in [2.05, 4.69) is 12.2 Å². The van der Waals surface area contributed by atoms with E-state index in [4.69, 9.17) is 4.74 Å². The molecule has 18 heavy (non-hydrogen) atoms. The van der Waals surface area contributed by atoms with E-state index in [1.807, 2.05) is 4.90 Å². The number of hydrogen-bond donors (Lipinski definition) is 1. The molecule has 0 saturated carbocycles. The Morgan fingerprint density at radius 2 is 2.33 bits per heavy atom. The molecule has 2 aliphatic heterocycles. The molecule has 2 fully saturated rings. The number of rotatable bonds is 4. The van der Waals surface area contributed by atoms with Crippen LogP contribution < -0.4 is 5.32 Å². The Labute approximate surface area is 110 Å². The summed E-state index contributed by atoms with van der Waals surface area (Å²) in [6, 6.07) is 0. The summed E-state index contributed by atoms with van der Waals surface area (Å²) in [5.41, 5.74) is 0. The highest BCUT2D eigenvalue weighted by Gasteiger charge is 2.25. The van der Waals surface area contributed by atoms with Crippen molar-refractivity contribution in [2.45, 2.75) is 45.1 Å². The molecule has 2 saturated heterocycles. The lowest BCUT2D eigenvalue weighted by Crippen LogP contribution is -2.46. The van der Waals surface area contributed by atoms with Gasteiger partial charge in [0.15, 0.2) is 0 Å². The Bertz CT molecular complexity index is 265. The minimum atomic E-state index is 0.186. The van der Waals surface area contributed by atoms with Gasteiger partial charge in [0.25, 0.3) is 0 Å². The van der Waals surface area contributed by atoms with Gasteiger partial charge < -0.3 is 15.0 Å². The first-order valence-electron chi connectivity index (χ1n) is 7.39. The Balaban J connectivity index is 1.81. The molecule has 2 aliphatic rings. The number of carbonyl (C=O) groups is 1. The average molecular weight is 254 g/mol. The largest absolute Gasteiger partial charge is 0.374 e. The van der Waals surface area contributed by atoms with Gasteiger partial charge in [-0.2, -0.15) is 0 Å². The van der Waals surface area contributed by atoms with Gasteiger partial charge >= 0.3 is 0 Å². The van der Waals surface area contributed by atoms with E-state index in [1.165, 1.54) is 19.3 Å². The molecule has 2 unspecified atom stereocenters. The fraction of sp³-hybridized carbons (Fsp3) is 0.929. The lowest BCUT2D eigenvalue weighted by molar-refractivity contribution is -0.133. The van der Waals surface area contributed by atoms with Gasteiger partial charge in [-0.05, 0) is 18.8 Å². The molecule has 1 amide bonds. The van der Waals surface area contributed by atoms with Crippen molar-refractivity contribution in [3.8, 4) is 0 Å². The fourth-order valence-corrected chi connectivity index (χ4v) is 2.97. The van der Waals surface area contributed by atoms with Gasteiger partial charge in [0.05, 0.1) is 12.7 Å². The highest BCUT2D eigenvalue weighted by Crippen LogP contribution is 2.22. The topological polar surface area (TPSA) is 41.6 Å². The second kappa shape index (κ2) is 7.10. The van der Waals surface area contributed by atoms with Crippen LogP contribution >= 0.6 is 0 Å². The van der Waals surface area contributed by atoms with Crippen LogP contribution in [0.4, 0.5) is 0 Å². The van der Waals surface area contributed by atoms with E-state index < -0.39 is 0 Å². The van der Waals surface area contributed by atoms with Gasteiger partial charge in [-0.3, -0.25) is 4.79 Å². The molecule has 0 radical (unpaired) electrons. The molecule has 2 atom stereocenters. The third kappa shape index (κ3) is 3.95. The lowest BCUT2D eigenvalue weighted by atomic mass is 9.96. The average Bonchev–Trinajstić information content (AvgIpc) is 2.56. The molecule has 2 rings (SSSR count). The van der Waals surface area contributed by atoms with Crippen LogP contribution in [0.25, 0.3) is 0 Å². The van der Waals surface area contributed by atoms with Crippen molar-refractivity contribution in [1.82, 2.24) is 10.2 Å². The number of nitrogens with one attached hydrogen (secondary N) is 1. The third-order valence-corrected chi connectivity index (χ3v) is 4.05. The normalized spacial score (nSPS) is 30.3. The molecular formula is C14H26N2O2. The third-order valence-electron chi connectivity index (χ3n) is 4.05. The number of nitrogens with zero attached hydrogens (tertiary/aromatic N) is 1. The van der Waals surface area contributed by atoms with Crippen molar-refractivity contribution in [3.05, 3.63) is 0 Å². The SMILES string of the molecule is CCCC1CCC(=O)N(CC2CNCCO2)CC1. The van der Waals surface area contributed by atoms with Crippen LogP contribution in [0.15, 0.2) is 0 Å². The van der Waals surface area contributed by atoms with Gasteiger partial charge in [0, 0.05) is 32.6 Å². The van der Waals surface area contributed by atoms with Gasteiger partial charge in [0.1, 0.15) is 0 Å². The summed E-state index contributed by atoms with van der Waals surface area (Å²) in [6.45, 7) is 6.50. The minimum absolute atomic E-state index is 0.186. The van der Waals surface area contributed by atoms with Crippen LogP contribution in [0.1, 0.15) is 39.0 Å². The molecule has 1 N–H and O–H groups in total. The first-order valence-corrected chi connectivity index (χ1v) is 7.39. The van der Waals surface area contributed by atoms with Gasteiger partial charge in [-0.15, -0.1) is 0 Å². The number of ether oxygens (including phenoxy) is 1. The molecule has 0 aliphatic carbocycles. The maximum atomic E-state index is 12.1. The zero-order valence-corrected chi connectivity index (χ0v) is 11.5. The number of hydrogen-bond acceptors (Lipinski definition) is 3. The Morgan fingerprint density at radius 3 is 3.06 bits per heavy atom. The Hall–Kier alpha value is -0.610. The number of morpholine rings is 1. The second-order valence-corrected chi connectivity index (χ2v) is 5.52. The molecule has 0 spiro atoms. The highest BCUT2D eigenvalue weighted by molar-refractivity contribution is 5.76. The monoisotopic (exact) mass is 254 g/mol. The Kier molecular flexibility index (Phi) is 5.45. The van der Waals surface area contributed by atoms with Crippen LogP contribution in [0, 0.1) is 5.92 Å². The van der Waals surface area contributed by atoms with Crippen molar-refractivity contribution >= 4 is 5.91 Å². The standard InChI is InChI=1S/C14H26N2O2/c1-2-3-12-4-5-14(17)16(8-6-12)11-13-10-15-7-9-18-13/h12-13,15H,2-11H2,1H3. The van der Waals surface area contributed by atoms with E-state index in [9.17, 15) is 4.79 Å². The molecule has 2 heterocycles. The summed E-state index contributed by atoms with van der Waals surface area (Å²) in [7, 11) is 0. The molecule has 0 aromatic carbocycles. The first-order chi connectivity index (χ1) is 8.79. The smallest absolute Gasteiger partial charge is 0.222 e. The van der Waals surface area contributed by atoms with Crippen molar-refractivity contribution in [1.29, 1.82) is 0 Å². The quantitative estimate of drug-likeness (QED) is 0.824. The van der Waals surface area contributed by atoms with E-state index in [0.29, 0.717) is 5.91 Å². The van der Waals surface area contributed by atoms with E-state index in [0.717, 1.165) is 51.5 Å². The van der Waals surface area contributed by atoms with Crippen molar-refractivity contribution in [2.75, 3.05) is 32.8 Å². The summed E-state index contributed by atoms with van der Waals surface area (Å²) in [6.07, 6.45) is 5.65. The zero-order chi connectivity index (χ0) is 12.8. The van der Waals surface area contributed by atoms with Crippen molar-refractivity contribution in [3.63, 3.8) is 0 Å². The van der Waals surface area contributed by atoms with E-state index in [1.54, 1.807) is 0 Å². The van der Waals surface area contributed by atoms with Crippen molar-refractivity contribution < 1.29 is 9.53 Å². The highest BCUT2D eigenvalue weighted by atomic mass is 16.5. The van der Waals surface area contributed by atoms with Gasteiger partial charge in [-0.1, -0.05) is 19.8 Å². The van der Waals surface area contributed by atoms with Crippen molar-refractivity contribution in [2.24, 2.45) is 5.92 Å². The molecular weight excluding hydrogens is 228 g/mol. The molecule has 104 valence electrons. The van der Waals surface area contributed by atoms with Crippen LogP contribution in [0.3, 0.4) is 0 Å². The van der Waals surface area contributed by atoms with Crippen LogP contribution in [0.2, 0.25) is 0 Å². The molecule has 0 bridgehead atoms. The molecule has 4 nitrogen and oxygen atoms in total. The summed E-state index contributed by atoms with van der Waals surface area (Å²) < 4.78 is 5.69. The predicted octanol–water partition coefficient (Wildman–Crippen LogP) is 1.40. The maximum absolute atomic E-state index is 12.1. The second-order valence-electron chi connectivity index (χ2n) is 5.52. The van der Waals surface area contributed by atoms with E-state index in [-0.39, 0.29) is 6.10 Å². The number of likely N-dealkylation sites (tertiary alicyclic amines) is 1. The first kappa shape index (κ1) is 13.8. The summed E-state index contributed by atoms with van der Waals surface area (Å²) in [4.78, 5) is 14.1. The number of carbonyl (C=O) groups excluding carboxylic acids is 1. The molecule has 4 heteroatoms. The fourth-order valence-electron chi connectivity index (χ4n) is 2.97. The zero-order valence-electron chi connectivity index (χ0n) is 11.5. The van der Waals surface area contributed by atoms with E-state index >= 15 is 0 Å². The minimum Gasteiger partial charge on any atom is -0.374 e. The summed E-state index contributed by atoms with van der Waals surface area (Å²) in [5, 5.41) is 3.32. The maximum Gasteiger partial charge on any atom is 0.222 e. The summed E-state index contributed by atoms with van der Waals surface area (Å²) in [5.74, 6) is 1.07. The van der Waals surface area contributed by atoms with Gasteiger partial charge in [0.2, 0.25) is 5.91 Å². The lowest BCUT2D eigenvalue weighted by Gasteiger charge is -2.29. The van der Waals surface area contributed by atoms with Crippen LogP contribution in [0.5, 0.6) is 0 Å². The number of amides is 1. The Morgan fingerprint density at radius 1 is 1.44 bits per heavy atom. The summed E-state index contributed by atoms with van der Waals surface area (Å²) >= 11 is 0. The molecule has 0 aromatic rings. The predicted molar refractivity (Wildman–Crippen MR) is 71.4 cm³/mol. The van der Waals surface area contributed by atoms with Gasteiger partial charge in [-0.25, -0.2) is 0 Å². The van der Waals surface area contributed by atoms with Crippen LogP contribution in [-0.2, 0) is 9.53 Å². The molecule has 0 aromatic heterocycles.